The maximum absolute atomic E-state index is 13.0. The summed E-state index contributed by atoms with van der Waals surface area (Å²) in [7, 11) is 0. The number of benzene rings is 1. The van der Waals surface area contributed by atoms with Gasteiger partial charge in [0.1, 0.15) is 11.9 Å². The number of aromatic nitrogens is 1. The highest BCUT2D eigenvalue weighted by atomic mass is 32.1. The number of carbonyl (C=O) groups is 1. The summed E-state index contributed by atoms with van der Waals surface area (Å²) in [6.07, 6.45) is 3.18. The first-order valence-corrected chi connectivity index (χ1v) is 10.6. The summed E-state index contributed by atoms with van der Waals surface area (Å²) < 4.78 is 0. The number of hydrogen-bond donors (Lipinski definition) is 1. The molecule has 6 heteroatoms. The number of carbonyl (C=O) groups excluding carboxylic acids is 1. The molecule has 0 radical (unpaired) electrons. The number of thiophene rings is 1. The van der Waals surface area contributed by atoms with Crippen molar-refractivity contribution < 1.29 is 4.79 Å². The molecule has 0 bridgehead atoms. The van der Waals surface area contributed by atoms with E-state index in [1.807, 2.05) is 35.7 Å². The maximum atomic E-state index is 13.0. The van der Waals surface area contributed by atoms with Crippen molar-refractivity contribution in [2.24, 2.45) is 5.92 Å². The van der Waals surface area contributed by atoms with E-state index >= 15 is 0 Å². The van der Waals surface area contributed by atoms with Crippen LogP contribution in [0.5, 0.6) is 0 Å². The zero-order valence-corrected chi connectivity index (χ0v) is 16.8. The molecule has 1 N–H and O–H groups in total. The number of amides is 1. The molecule has 1 aliphatic rings. The average Bonchev–Trinajstić information content (AvgIpc) is 3.33. The van der Waals surface area contributed by atoms with Gasteiger partial charge in [-0.1, -0.05) is 36.4 Å². The van der Waals surface area contributed by atoms with Crippen molar-refractivity contribution >= 4 is 23.1 Å². The van der Waals surface area contributed by atoms with E-state index in [0.717, 1.165) is 42.2 Å². The molecule has 1 amide bonds. The molecule has 0 aliphatic carbocycles. The molecule has 0 spiro atoms. The van der Waals surface area contributed by atoms with Gasteiger partial charge in [-0.3, -0.25) is 4.79 Å². The van der Waals surface area contributed by atoms with Crippen LogP contribution in [0.3, 0.4) is 0 Å². The number of nitrogens with one attached hydrogen (secondary N) is 1. The Balaban J connectivity index is 1.40. The molecule has 1 saturated heterocycles. The van der Waals surface area contributed by atoms with Gasteiger partial charge in [-0.2, -0.15) is 5.26 Å². The molecule has 5 nitrogen and oxygen atoms in total. The summed E-state index contributed by atoms with van der Waals surface area (Å²) in [5, 5.41) is 14.2. The average molecular weight is 403 g/mol. The summed E-state index contributed by atoms with van der Waals surface area (Å²) in [6.45, 7) is 1.57. The smallest absolute Gasteiger partial charge is 0.224 e. The van der Waals surface area contributed by atoms with E-state index in [9.17, 15) is 4.79 Å². The number of piperidine rings is 1. The van der Waals surface area contributed by atoms with Crippen LogP contribution < -0.4 is 10.2 Å². The van der Waals surface area contributed by atoms with Gasteiger partial charge in [0.2, 0.25) is 5.91 Å². The number of rotatable bonds is 5. The number of nitriles is 1. The number of nitrogens with zero attached hydrogens (tertiary/aromatic N) is 3. The summed E-state index contributed by atoms with van der Waals surface area (Å²) in [4.78, 5) is 20.7. The molecule has 4 rings (SSSR count). The Labute approximate surface area is 174 Å². The van der Waals surface area contributed by atoms with Gasteiger partial charge in [-0.15, -0.1) is 11.3 Å². The normalized spacial score (nSPS) is 15.5. The first-order chi connectivity index (χ1) is 14.2. The highest BCUT2D eigenvalue weighted by molar-refractivity contribution is 7.10. The van der Waals surface area contributed by atoms with Crippen LogP contribution in [-0.2, 0) is 4.79 Å². The lowest BCUT2D eigenvalue weighted by atomic mass is 9.94. The molecule has 146 valence electrons. The monoisotopic (exact) mass is 402 g/mol. The van der Waals surface area contributed by atoms with Crippen LogP contribution in [0.25, 0.3) is 0 Å². The second-order valence-electron chi connectivity index (χ2n) is 7.15. The highest BCUT2D eigenvalue weighted by Gasteiger charge is 2.28. The topological polar surface area (TPSA) is 69.0 Å². The van der Waals surface area contributed by atoms with Gasteiger partial charge in [0, 0.05) is 30.1 Å². The summed E-state index contributed by atoms with van der Waals surface area (Å²) in [5.41, 5.74) is 1.66. The second kappa shape index (κ2) is 8.89. The Hall–Kier alpha value is -3.17. The molecular formula is C23H22N4OS. The minimum Gasteiger partial charge on any atom is -0.357 e. The van der Waals surface area contributed by atoms with Crippen molar-refractivity contribution in [3.8, 4) is 6.07 Å². The predicted octanol–water partition coefficient (Wildman–Crippen LogP) is 4.14. The lowest BCUT2D eigenvalue weighted by molar-refractivity contribution is -0.126. The van der Waals surface area contributed by atoms with Crippen LogP contribution >= 0.6 is 11.3 Å². The molecule has 2 aromatic heterocycles. The Morgan fingerprint density at radius 1 is 1.14 bits per heavy atom. The SMILES string of the molecule is N#Cc1ccc(N2CCC(C(=O)N[C@@H](c3ccccc3)c3cccs3)CC2)nc1. The van der Waals surface area contributed by atoms with Crippen LogP contribution in [0.4, 0.5) is 5.82 Å². The van der Waals surface area contributed by atoms with Crippen LogP contribution in [0.15, 0.2) is 66.2 Å². The molecule has 0 saturated carbocycles. The lowest BCUT2D eigenvalue weighted by Gasteiger charge is -2.33. The van der Waals surface area contributed by atoms with Gasteiger partial charge in [0.05, 0.1) is 11.6 Å². The van der Waals surface area contributed by atoms with Crippen molar-refractivity contribution in [2.45, 2.75) is 18.9 Å². The zero-order valence-electron chi connectivity index (χ0n) is 16.0. The van der Waals surface area contributed by atoms with E-state index in [2.05, 4.69) is 39.5 Å². The van der Waals surface area contributed by atoms with Crippen molar-refractivity contribution in [3.05, 3.63) is 82.2 Å². The summed E-state index contributed by atoms with van der Waals surface area (Å²) in [5.74, 6) is 0.971. The van der Waals surface area contributed by atoms with Gasteiger partial charge in [0.25, 0.3) is 0 Å². The molecule has 3 aromatic rings. The quantitative estimate of drug-likeness (QED) is 0.696. The molecule has 1 aromatic carbocycles. The van der Waals surface area contributed by atoms with Gasteiger partial charge >= 0.3 is 0 Å². The first kappa shape index (κ1) is 19.2. The third kappa shape index (κ3) is 4.47. The van der Waals surface area contributed by atoms with Crippen molar-refractivity contribution in [3.63, 3.8) is 0 Å². The van der Waals surface area contributed by atoms with Crippen molar-refractivity contribution in [2.75, 3.05) is 18.0 Å². The van der Waals surface area contributed by atoms with Gasteiger partial charge in [-0.25, -0.2) is 4.98 Å². The van der Waals surface area contributed by atoms with Crippen molar-refractivity contribution in [1.29, 1.82) is 5.26 Å². The standard InChI is InChI=1S/C23H22N4OS/c24-15-17-8-9-21(25-16-17)27-12-10-19(11-13-27)23(28)26-22(20-7-4-14-29-20)18-5-2-1-3-6-18/h1-9,14,16,19,22H,10-13H2,(H,26,28)/t22-/m0/s1. The van der Waals surface area contributed by atoms with Gasteiger partial charge in [-0.05, 0) is 42.0 Å². The Bertz CT molecular complexity index is 972. The Kier molecular flexibility index (Phi) is 5.87. The van der Waals surface area contributed by atoms with E-state index in [1.54, 1.807) is 23.6 Å². The number of pyridine rings is 1. The first-order valence-electron chi connectivity index (χ1n) is 9.74. The van der Waals surface area contributed by atoms with E-state index in [1.165, 1.54) is 0 Å². The number of anilines is 1. The van der Waals surface area contributed by atoms with Gasteiger partial charge in [0.15, 0.2) is 0 Å². The van der Waals surface area contributed by atoms with Crippen LogP contribution in [0, 0.1) is 17.2 Å². The summed E-state index contributed by atoms with van der Waals surface area (Å²) in [6, 6.07) is 19.8. The van der Waals surface area contributed by atoms with Crippen LogP contribution in [0.1, 0.15) is 34.9 Å². The molecule has 0 unspecified atom stereocenters. The molecule has 29 heavy (non-hydrogen) atoms. The predicted molar refractivity (Wildman–Crippen MR) is 115 cm³/mol. The zero-order chi connectivity index (χ0) is 20.1. The fraction of sp³-hybridized carbons (Fsp3) is 0.261. The van der Waals surface area contributed by atoms with E-state index in [-0.39, 0.29) is 17.9 Å². The Morgan fingerprint density at radius 3 is 2.55 bits per heavy atom. The molecule has 3 heterocycles. The highest BCUT2D eigenvalue weighted by Crippen LogP contribution is 2.28. The fourth-order valence-electron chi connectivity index (χ4n) is 3.69. The largest absolute Gasteiger partial charge is 0.357 e. The van der Waals surface area contributed by atoms with Crippen LogP contribution in [0.2, 0.25) is 0 Å². The van der Waals surface area contributed by atoms with E-state index in [0.29, 0.717) is 5.56 Å². The molecule has 1 fully saturated rings. The Morgan fingerprint density at radius 2 is 1.93 bits per heavy atom. The van der Waals surface area contributed by atoms with Gasteiger partial charge < -0.3 is 10.2 Å². The summed E-state index contributed by atoms with van der Waals surface area (Å²) >= 11 is 1.66. The molecular weight excluding hydrogens is 380 g/mol. The third-order valence-corrected chi connectivity index (χ3v) is 6.25. The third-order valence-electron chi connectivity index (χ3n) is 5.31. The van der Waals surface area contributed by atoms with Crippen molar-refractivity contribution in [1.82, 2.24) is 10.3 Å². The van der Waals surface area contributed by atoms with E-state index in [4.69, 9.17) is 5.26 Å². The second-order valence-corrected chi connectivity index (χ2v) is 8.13. The lowest BCUT2D eigenvalue weighted by Crippen LogP contribution is -2.42. The number of hydrogen-bond acceptors (Lipinski definition) is 5. The fourth-order valence-corrected chi connectivity index (χ4v) is 4.49. The maximum Gasteiger partial charge on any atom is 0.224 e. The van der Waals surface area contributed by atoms with Crippen LogP contribution in [-0.4, -0.2) is 24.0 Å². The van der Waals surface area contributed by atoms with E-state index < -0.39 is 0 Å². The molecule has 1 aliphatic heterocycles. The molecule has 1 atom stereocenters. The minimum atomic E-state index is -0.109. The minimum absolute atomic E-state index is 0.00388.